The highest BCUT2D eigenvalue weighted by atomic mass is 35.5. The standard InChI is InChI=1S/C23H23ClN4O2/c1-13(2)16-6-9-19-18(12-16)25-20-21(26-23(30)27-22(20)29)28(19)11-10-14(3)15-4-7-17(24)8-5-15/h4-9,12-14H,10-11H2,1-3H3,(H,27,29,30)/p+1. The highest BCUT2D eigenvalue weighted by Gasteiger charge is 2.20. The third kappa shape index (κ3) is 3.87. The molecule has 0 radical (unpaired) electrons. The Morgan fingerprint density at radius 1 is 1.00 bits per heavy atom. The van der Waals surface area contributed by atoms with E-state index in [1.54, 1.807) is 0 Å². The summed E-state index contributed by atoms with van der Waals surface area (Å²) < 4.78 is 1.99. The van der Waals surface area contributed by atoms with Gasteiger partial charge in [0.2, 0.25) is 5.52 Å². The van der Waals surface area contributed by atoms with E-state index < -0.39 is 11.2 Å². The molecule has 0 saturated carbocycles. The number of aryl methyl sites for hydroxylation is 1. The van der Waals surface area contributed by atoms with Crippen LogP contribution in [-0.2, 0) is 6.54 Å². The smallest absolute Gasteiger partial charge is 0.267 e. The summed E-state index contributed by atoms with van der Waals surface area (Å²) in [5.41, 5.74) is 3.63. The van der Waals surface area contributed by atoms with Crippen molar-refractivity contribution in [3.8, 4) is 0 Å². The van der Waals surface area contributed by atoms with Gasteiger partial charge in [0.05, 0.1) is 6.54 Å². The molecule has 30 heavy (non-hydrogen) atoms. The summed E-state index contributed by atoms with van der Waals surface area (Å²) in [7, 11) is 0. The molecule has 0 aliphatic rings. The molecule has 154 valence electrons. The highest BCUT2D eigenvalue weighted by molar-refractivity contribution is 6.30. The van der Waals surface area contributed by atoms with E-state index >= 15 is 0 Å². The Morgan fingerprint density at radius 2 is 1.70 bits per heavy atom. The lowest BCUT2D eigenvalue weighted by molar-refractivity contribution is -0.648. The maximum atomic E-state index is 12.4. The molecule has 0 saturated heterocycles. The molecule has 7 heteroatoms. The summed E-state index contributed by atoms with van der Waals surface area (Å²) in [6.45, 7) is 7.02. The first-order chi connectivity index (χ1) is 14.3. The van der Waals surface area contributed by atoms with Gasteiger partial charge in [-0.25, -0.2) is 14.3 Å². The fourth-order valence-electron chi connectivity index (χ4n) is 3.74. The Hall–Kier alpha value is -2.99. The fourth-order valence-corrected chi connectivity index (χ4v) is 3.86. The minimum atomic E-state index is -0.535. The average molecular weight is 424 g/mol. The second-order valence-corrected chi connectivity index (χ2v) is 8.45. The molecule has 1 unspecified atom stereocenters. The van der Waals surface area contributed by atoms with Crippen LogP contribution in [0.15, 0.2) is 52.1 Å². The molecule has 1 atom stereocenters. The number of aromatic amines is 2. The number of halogens is 1. The first kappa shape index (κ1) is 20.3. The molecule has 0 aliphatic heterocycles. The monoisotopic (exact) mass is 423 g/mol. The Bertz CT molecular complexity index is 1340. The molecule has 0 bridgehead atoms. The first-order valence-corrected chi connectivity index (χ1v) is 10.5. The lowest BCUT2D eigenvalue weighted by Gasteiger charge is -2.14. The van der Waals surface area contributed by atoms with Gasteiger partial charge in [0.25, 0.3) is 5.56 Å². The number of hydrogen-bond donors (Lipinski definition) is 2. The number of rotatable bonds is 5. The number of nitrogens with one attached hydrogen (secondary N) is 2. The van der Waals surface area contributed by atoms with Crippen molar-refractivity contribution in [2.75, 3.05) is 0 Å². The van der Waals surface area contributed by atoms with E-state index in [1.807, 2.05) is 41.0 Å². The normalized spacial score (nSPS) is 12.7. The minimum absolute atomic E-state index is 0.238. The van der Waals surface area contributed by atoms with Crippen molar-refractivity contribution in [1.29, 1.82) is 0 Å². The summed E-state index contributed by atoms with van der Waals surface area (Å²) in [5, 5.41) is 0.712. The second kappa shape index (κ2) is 8.03. The summed E-state index contributed by atoms with van der Waals surface area (Å²) in [6, 6.07) is 14.0. The van der Waals surface area contributed by atoms with Crippen LogP contribution in [0, 0.1) is 0 Å². The third-order valence-electron chi connectivity index (χ3n) is 5.58. The van der Waals surface area contributed by atoms with E-state index in [2.05, 4.69) is 41.8 Å². The maximum Gasteiger partial charge on any atom is 0.413 e. The van der Waals surface area contributed by atoms with Crippen molar-refractivity contribution in [2.24, 2.45) is 0 Å². The molecule has 2 aromatic heterocycles. The predicted octanol–water partition coefficient (Wildman–Crippen LogP) is 4.02. The van der Waals surface area contributed by atoms with E-state index in [0.717, 1.165) is 23.0 Å². The van der Waals surface area contributed by atoms with Gasteiger partial charge in [-0.05, 0) is 53.6 Å². The van der Waals surface area contributed by atoms with Crippen LogP contribution in [0.1, 0.15) is 50.2 Å². The van der Waals surface area contributed by atoms with Crippen LogP contribution in [-0.4, -0.2) is 15.0 Å². The summed E-state index contributed by atoms with van der Waals surface area (Å²) in [4.78, 5) is 34.0. The van der Waals surface area contributed by atoms with E-state index in [4.69, 9.17) is 11.6 Å². The number of fused-ring (bicyclic) bond motifs is 2. The van der Waals surface area contributed by atoms with Gasteiger partial charge in [-0.2, -0.15) is 4.98 Å². The van der Waals surface area contributed by atoms with Crippen LogP contribution >= 0.6 is 11.6 Å². The number of hydrogen-bond acceptors (Lipinski definition) is 3. The molecule has 4 aromatic rings. The number of benzene rings is 2. The Labute approximate surface area is 178 Å². The van der Waals surface area contributed by atoms with Crippen molar-refractivity contribution >= 4 is 33.8 Å². The van der Waals surface area contributed by atoms with Crippen LogP contribution < -0.4 is 15.8 Å². The SMILES string of the molecule is CC(C)c1ccc2c(c1)nc1c(=O)[nH]c(=O)[nH]c1[n+]2CCC(C)c1ccc(Cl)cc1. The zero-order valence-electron chi connectivity index (χ0n) is 17.2. The molecule has 4 rings (SSSR count). The van der Waals surface area contributed by atoms with Crippen molar-refractivity contribution in [1.82, 2.24) is 15.0 Å². The third-order valence-corrected chi connectivity index (χ3v) is 5.83. The fraction of sp³-hybridized carbons (Fsp3) is 0.304. The molecular formula is C23H24ClN4O2+. The lowest BCUT2D eigenvalue weighted by atomic mass is 9.98. The number of H-pyrrole nitrogens is 2. The van der Waals surface area contributed by atoms with E-state index in [1.165, 1.54) is 5.56 Å². The largest absolute Gasteiger partial charge is 0.413 e. The summed E-state index contributed by atoms with van der Waals surface area (Å²) in [6.07, 6.45) is 0.821. The molecule has 0 fully saturated rings. The van der Waals surface area contributed by atoms with Gasteiger partial charge in [0.1, 0.15) is 5.52 Å². The molecule has 2 N–H and O–H groups in total. The molecule has 2 aromatic carbocycles. The van der Waals surface area contributed by atoms with Gasteiger partial charge in [-0.1, -0.05) is 50.6 Å². The minimum Gasteiger partial charge on any atom is -0.267 e. The van der Waals surface area contributed by atoms with Crippen LogP contribution in [0.5, 0.6) is 0 Å². The van der Waals surface area contributed by atoms with Crippen molar-refractivity contribution in [3.05, 3.63) is 79.5 Å². The van der Waals surface area contributed by atoms with Crippen molar-refractivity contribution < 1.29 is 4.57 Å². The zero-order valence-corrected chi connectivity index (χ0v) is 18.0. The second-order valence-electron chi connectivity index (χ2n) is 8.01. The quantitative estimate of drug-likeness (QED) is 0.375. The number of nitrogens with zero attached hydrogens (tertiary/aromatic N) is 2. The molecule has 0 amide bonds. The Morgan fingerprint density at radius 3 is 2.40 bits per heavy atom. The summed E-state index contributed by atoms with van der Waals surface area (Å²) in [5.74, 6) is 0.621. The molecule has 6 nitrogen and oxygen atoms in total. The van der Waals surface area contributed by atoms with Gasteiger partial charge in [0.15, 0.2) is 5.52 Å². The van der Waals surface area contributed by atoms with Gasteiger partial charge < -0.3 is 0 Å². The van der Waals surface area contributed by atoms with E-state index in [-0.39, 0.29) is 11.4 Å². The van der Waals surface area contributed by atoms with E-state index in [9.17, 15) is 9.59 Å². The van der Waals surface area contributed by atoms with Gasteiger partial charge >= 0.3 is 11.3 Å². The van der Waals surface area contributed by atoms with Gasteiger partial charge in [-0.15, -0.1) is 0 Å². The average Bonchev–Trinajstić information content (AvgIpc) is 2.71. The molecule has 0 spiro atoms. The van der Waals surface area contributed by atoms with Crippen molar-refractivity contribution in [2.45, 2.75) is 45.6 Å². The van der Waals surface area contributed by atoms with Crippen LogP contribution in [0.3, 0.4) is 0 Å². The maximum absolute atomic E-state index is 12.4. The van der Waals surface area contributed by atoms with Crippen LogP contribution in [0.4, 0.5) is 0 Å². The van der Waals surface area contributed by atoms with Gasteiger partial charge in [-0.3, -0.25) is 9.78 Å². The van der Waals surface area contributed by atoms with E-state index in [0.29, 0.717) is 23.1 Å². The Kier molecular flexibility index (Phi) is 5.43. The zero-order chi connectivity index (χ0) is 21.4. The van der Waals surface area contributed by atoms with Crippen LogP contribution in [0.25, 0.3) is 22.2 Å². The Balaban J connectivity index is 1.83. The van der Waals surface area contributed by atoms with Crippen molar-refractivity contribution in [3.63, 3.8) is 0 Å². The predicted molar refractivity (Wildman–Crippen MR) is 119 cm³/mol. The highest BCUT2D eigenvalue weighted by Crippen LogP contribution is 2.23. The molecular weight excluding hydrogens is 400 g/mol. The molecule has 0 aliphatic carbocycles. The first-order valence-electron chi connectivity index (χ1n) is 10.1. The number of aromatic nitrogens is 4. The summed E-state index contributed by atoms with van der Waals surface area (Å²) >= 11 is 6.01. The topological polar surface area (TPSA) is 82.5 Å². The molecule has 2 heterocycles. The lowest BCUT2D eigenvalue weighted by Crippen LogP contribution is -2.41. The van der Waals surface area contributed by atoms with Gasteiger partial charge in [0, 0.05) is 5.02 Å². The van der Waals surface area contributed by atoms with Crippen LogP contribution in [0.2, 0.25) is 5.02 Å².